The molecule has 0 radical (unpaired) electrons. The quantitative estimate of drug-likeness (QED) is 0.235. The fourth-order valence-electron chi connectivity index (χ4n) is 7.15. The third kappa shape index (κ3) is 3.15. The van der Waals surface area contributed by atoms with E-state index in [4.69, 9.17) is 9.72 Å². The third-order valence-corrected chi connectivity index (χ3v) is 9.28. The van der Waals surface area contributed by atoms with Crippen molar-refractivity contribution in [2.24, 2.45) is 5.92 Å². The first-order valence-corrected chi connectivity index (χ1v) is 13.8. The van der Waals surface area contributed by atoms with Crippen LogP contribution in [0.5, 0.6) is 0 Å². The Morgan fingerprint density at radius 2 is 1.65 bits per heavy atom. The average Bonchev–Trinajstić information content (AvgIpc) is 3.31. The number of pyridine rings is 1. The van der Waals surface area contributed by atoms with Crippen LogP contribution in [0.3, 0.4) is 0 Å². The van der Waals surface area contributed by atoms with E-state index >= 15 is 0 Å². The van der Waals surface area contributed by atoms with Gasteiger partial charge in [0.1, 0.15) is 5.69 Å². The molecule has 0 saturated heterocycles. The van der Waals surface area contributed by atoms with E-state index in [0.29, 0.717) is 5.69 Å². The highest BCUT2D eigenvalue weighted by molar-refractivity contribution is 6.11. The van der Waals surface area contributed by atoms with Crippen LogP contribution >= 0.6 is 0 Å². The topological polar surface area (TPSA) is 56.2 Å². The first-order valence-electron chi connectivity index (χ1n) is 13.8. The van der Waals surface area contributed by atoms with Gasteiger partial charge < -0.3 is 14.6 Å². The number of methoxy groups -OCH3 is 1. The molecule has 196 valence electrons. The predicted octanol–water partition coefficient (Wildman–Crippen LogP) is 7.87. The van der Waals surface area contributed by atoms with Gasteiger partial charge in [-0.25, -0.2) is 9.78 Å². The Balaban J connectivity index is 1.31. The van der Waals surface area contributed by atoms with Crippen LogP contribution in [0.1, 0.15) is 41.6 Å². The smallest absolute Gasteiger partial charge is 0.356 e. The van der Waals surface area contributed by atoms with Gasteiger partial charge >= 0.3 is 5.97 Å². The molecule has 0 saturated carbocycles. The highest BCUT2D eigenvalue weighted by atomic mass is 16.5. The molecule has 0 amide bonds. The Kier molecular flexibility index (Phi) is 4.76. The summed E-state index contributed by atoms with van der Waals surface area (Å²) in [6.45, 7) is 5.57. The molecule has 2 atom stereocenters. The summed E-state index contributed by atoms with van der Waals surface area (Å²) in [5.41, 5.74) is 8.26. The van der Waals surface area contributed by atoms with Gasteiger partial charge in [0.25, 0.3) is 0 Å². The lowest BCUT2D eigenvalue weighted by Gasteiger charge is -2.48. The van der Waals surface area contributed by atoms with Gasteiger partial charge in [0.2, 0.25) is 0 Å². The number of nitrogens with one attached hydrogen (secondary N) is 1. The summed E-state index contributed by atoms with van der Waals surface area (Å²) < 4.78 is 7.52. The molecular weight excluding hydrogens is 494 g/mol. The Labute approximate surface area is 232 Å². The number of hydrogen-bond donors (Lipinski definition) is 1. The third-order valence-electron chi connectivity index (χ3n) is 9.28. The molecule has 2 aliphatic heterocycles. The molecule has 0 fully saturated rings. The summed E-state index contributed by atoms with van der Waals surface area (Å²) in [6.07, 6.45) is 0. The number of benzene rings is 4. The minimum atomic E-state index is -0.410. The van der Waals surface area contributed by atoms with E-state index < -0.39 is 5.97 Å². The van der Waals surface area contributed by atoms with Gasteiger partial charge in [-0.05, 0) is 63.2 Å². The fraction of sp³-hybridized carbons (Fsp3) is 0.200. The molecule has 0 bridgehead atoms. The number of carbonyl (C=O) groups excluding carboxylic acids is 1. The molecule has 6 aromatic rings. The number of nitrogens with zero attached hydrogens (tertiary/aromatic N) is 2. The number of anilines is 1. The van der Waals surface area contributed by atoms with Crippen LogP contribution in [0, 0.1) is 5.92 Å². The van der Waals surface area contributed by atoms with E-state index in [1.807, 2.05) is 6.07 Å². The van der Waals surface area contributed by atoms with Gasteiger partial charge in [-0.1, -0.05) is 74.5 Å². The number of esters is 1. The molecule has 2 aromatic heterocycles. The normalized spacial score (nSPS) is 18.8. The van der Waals surface area contributed by atoms with Gasteiger partial charge in [0.15, 0.2) is 0 Å². The number of rotatable bonds is 2. The molecule has 8 rings (SSSR count). The molecule has 0 aliphatic carbocycles. The lowest BCUT2D eigenvalue weighted by molar-refractivity contribution is 0.0593. The number of ether oxygens (including phenoxy) is 1. The van der Waals surface area contributed by atoms with Crippen molar-refractivity contribution in [3.05, 3.63) is 108 Å². The highest BCUT2D eigenvalue weighted by Crippen LogP contribution is 2.53. The van der Waals surface area contributed by atoms with Gasteiger partial charge in [0, 0.05) is 34.4 Å². The molecule has 4 aromatic carbocycles. The predicted molar refractivity (Wildman–Crippen MR) is 161 cm³/mol. The molecule has 5 heteroatoms. The summed E-state index contributed by atoms with van der Waals surface area (Å²) in [5, 5.41) is 8.55. The largest absolute Gasteiger partial charge is 0.464 e. The Hall–Kier alpha value is -4.64. The van der Waals surface area contributed by atoms with Crippen LogP contribution < -0.4 is 5.32 Å². The summed E-state index contributed by atoms with van der Waals surface area (Å²) in [7, 11) is 1.41. The Morgan fingerprint density at radius 3 is 2.50 bits per heavy atom. The van der Waals surface area contributed by atoms with Crippen molar-refractivity contribution in [2.45, 2.75) is 31.8 Å². The van der Waals surface area contributed by atoms with Crippen LogP contribution in [-0.4, -0.2) is 22.6 Å². The monoisotopic (exact) mass is 523 g/mol. The van der Waals surface area contributed by atoms with Crippen molar-refractivity contribution >= 4 is 44.2 Å². The van der Waals surface area contributed by atoms with Crippen LogP contribution in [0.15, 0.2) is 91.0 Å². The van der Waals surface area contributed by atoms with E-state index in [-0.39, 0.29) is 17.4 Å². The van der Waals surface area contributed by atoms with Gasteiger partial charge in [-0.3, -0.25) is 0 Å². The van der Waals surface area contributed by atoms with Crippen molar-refractivity contribution < 1.29 is 9.53 Å². The van der Waals surface area contributed by atoms with Crippen molar-refractivity contribution in [3.8, 4) is 11.1 Å². The number of fused-ring (bicyclic) bond motifs is 7. The Bertz CT molecular complexity index is 2020. The zero-order valence-electron chi connectivity index (χ0n) is 22.7. The first-order chi connectivity index (χ1) is 19.4. The zero-order chi connectivity index (χ0) is 27.2. The molecular formula is C35H29N3O2. The first kappa shape index (κ1) is 23.3. The molecule has 4 heterocycles. The van der Waals surface area contributed by atoms with Crippen molar-refractivity contribution in [2.75, 3.05) is 12.4 Å². The van der Waals surface area contributed by atoms with E-state index in [2.05, 4.69) is 109 Å². The minimum Gasteiger partial charge on any atom is -0.464 e. The Morgan fingerprint density at radius 1 is 0.900 bits per heavy atom. The molecule has 0 spiro atoms. The van der Waals surface area contributed by atoms with Crippen LogP contribution in [0.4, 0.5) is 5.69 Å². The second-order valence-electron chi connectivity index (χ2n) is 11.7. The van der Waals surface area contributed by atoms with Gasteiger partial charge in [-0.15, -0.1) is 0 Å². The molecule has 1 N–H and O–H groups in total. The summed E-state index contributed by atoms with van der Waals surface area (Å²) >= 11 is 0. The van der Waals surface area contributed by atoms with Crippen molar-refractivity contribution in [1.29, 1.82) is 0 Å². The van der Waals surface area contributed by atoms with Crippen molar-refractivity contribution in [1.82, 2.24) is 9.55 Å². The number of para-hydroxylation sites is 1. The summed E-state index contributed by atoms with van der Waals surface area (Å²) in [5.74, 6) is -0.189. The number of aromatic nitrogens is 2. The average molecular weight is 524 g/mol. The highest BCUT2D eigenvalue weighted by Gasteiger charge is 2.47. The second-order valence-corrected chi connectivity index (χ2v) is 11.7. The minimum absolute atomic E-state index is 0.0297. The van der Waals surface area contributed by atoms with E-state index in [1.54, 1.807) is 0 Å². The van der Waals surface area contributed by atoms with Crippen molar-refractivity contribution in [3.63, 3.8) is 0 Å². The van der Waals surface area contributed by atoms with Gasteiger partial charge in [-0.2, -0.15) is 0 Å². The van der Waals surface area contributed by atoms with Gasteiger partial charge in [0.05, 0.1) is 24.4 Å². The maximum atomic E-state index is 12.7. The lowest BCUT2D eigenvalue weighted by atomic mass is 9.65. The van der Waals surface area contributed by atoms with Crippen LogP contribution in [0.2, 0.25) is 0 Å². The van der Waals surface area contributed by atoms with Crippen LogP contribution in [-0.2, 0) is 16.7 Å². The maximum absolute atomic E-state index is 12.7. The summed E-state index contributed by atoms with van der Waals surface area (Å²) in [6, 6.07) is 32.3. The molecule has 40 heavy (non-hydrogen) atoms. The van der Waals surface area contributed by atoms with E-state index in [9.17, 15) is 4.79 Å². The lowest BCUT2D eigenvalue weighted by Crippen LogP contribution is -2.45. The second kappa shape index (κ2) is 8.18. The molecule has 5 nitrogen and oxygen atoms in total. The maximum Gasteiger partial charge on any atom is 0.356 e. The standard InChI is InChI=1S/C35H29N3O2/c1-35(2)26-17-23(22-13-12-20-8-4-5-9-21(20)16-22)14-15-28(26)36-31-27(35)19-38-30-11-7-6-10-24(30)25-18-29(34(39)40-3)37-32(31)33(25)38/h4-18,27,31,36H,19H2,1-3H3. The zero-order valence-corrected chi connectivity index (χ0v) is 22.7. The van der Waals surface area contributed by atoms with E-state index in [0.717, 1.165) is 34.2 Å². The summed E-state index contributed by atoms with van der Waals surface area (Å²) in [4.78, 5) is 17.7. The fourth-order valence-corrected chi connectivity index (χ4v) is 7.15. The van der Waals surface area contributed by atoms with E-state index in [1.165, 1.54) is 40.1 Å². The number of carbonyl (C=O) groups is 1. The number of hydrogen-bond acceptors (Lipinski definition) is 4. The van der Waals surface area contributed by atoms with Crippen LogP contribution in [0.25, 0.3) is 43.7 Å². The SMILES string of the molecule is COC(=O)c1cc2c3ccccc3n3c2c(n1)C1Nc2ccc(-c4ccc5ccccc5c4)cc2C(C)(C)C1C3. The molecule has 2 aliphatic rings. The molecule has 2 unspecified atom stereocenters.